The first-order valence-corrected chi connectivity index (χ1v) is 8.78. The molecule has 0 fully saturated rings. The maximum atomic E-state index is 12.1. The highest BCUT2D eigenvalue weighted by Gasteiger charge is 2.13. The SMILES string of the molecule is Cc1ccc(NCC(=O)NNC(=O)Cc2coc3c(C)c(C)ccc23)cc1. The summed E-state index contributed by atoms with van der Waals surface area (Å²) in [5, 5.41) is 3.92. The van der Waals surface area contributed by atoms with Crippen molar-refractivity contribution in [2.45, 2.75) is 27.2 Å². The third-order valence-electron chi connectivity index (χ3n) is 4.54. The zero-order valence-corrected chi connectivity index (χ0v) is 15.7. The van der Waals surface area contributed by atoms with E-state index in [0.717, 1.165) is 38.9 Å². The van der Waals surface area contributed by atoms with E-state index in [-0.39, 0.29) is 24.8 Å². The number of hydrogen-bond donors (Lipinski definition) is 3. The van der Waals surface area contributed by atoms with Crippen molar-refractivity contribution >= 4 is 28.5 Å². The van der Waals surface area contributed by atoms with Crippen molar-refractivity contribution in [2.24, 2.45) is 0 Å². The Balaban J connectivity index is 1.50. The quantitative estimate of drug-likeness (QED) is 0.607. The van der Waals surface area contributed by atoms with E-state index in [2.05, 4.69) is 16.2 Å². The number of anilines is 1. The predicted octanol–water partition coefficient (Wildman–Crippen LogP) is 3.16. The van der Waals surface area contributed by atoms with Gasteiger partial charge < -0.3 is 9.73 Å². The topological polar surface area (TPSA) is 83.4 Å². The number of hydrogen-bond acceptors (Lipinski definition) is 4. The number of carbonyl (C=O) groups is 2. The fraction of sp³-hybridized carbons (Fsp3) is 0.238. The van der Waals surface area contributed by atoms with Crippen molar-refractivity contribution in [1.82, 2.24) is 10.9 Å². The summed E-state index contributed by atoms with van der Waals surface area (Å²) in [6.45, 7) is 6.07. The standard InChI is InChI=1S/C21H23N3O3/c1-13-4-7-17(8-5-13)22-11-20(26)24-23-19(25)10-16-12-27-21-15(3)14(2)6-9-18(16)21/h4-9,12,22H,10-11H2,1-3H3,(H,23,25)(H,24,26). The fourth-order valence-electron chi connectivity index (χ4n) is 2.78. The Labute approximate surface area is 157 Å². The molecule has 2 aromatic carbocycles. The van der Waals surface area contributed by atoms with Gasteiger partial charge in [0.1, 0.15) is 5.58 Å². The molecule has 0 aliphatic heterocycles. The molecule has 0 saturated heterocycles. The fourth-order valence-corrected chi connectivity index (χ4v) is 2.78. The molecule has 2 amide bonds. The van der Waals surface area contributed by atoms with E-state index in [1.807, 2.05) is 57.2 Å². The molecule has 6 heteroatoms. The number of aryl methyl sites for hydroxylation is 3. The molecule has 0 spiro atoms. The van der Waals surface area contributed by atoms with Crippen LogP contribution in [0.3, 0.4) is 0 Å². The average Bonchev–Trinajstić information content (AvgIpc) is 3.06. The van der Waals surface area contributed by atoms with E-state index in [4.69, 9.17) is 4.42 Å². The first-order valence-electron chi connectivity index (χ1n) is 8.78. The second kappa shape index (κ2) is 7.95. The van der Waals surface area contributed by atoms with Crippen molar-refractivity contribution in [2.75, 3.05) is 11.9 Å². The van der Waals surface area contributed by atoms with Gasteiger partial charge in [-0.2, -0.15) is 0 Å². The molecule has 0 atom stereocenters. The molecule has 3 N–H and O–H groups in total. The Morgan fingerprint density at radius 1 is 0.926 bits per heavy atom. The molecule has 0 bridgehead atoms. The Bertz CT molecular complexity index is 974. The van der Waals surface area contributed by atoms with Crippen LogP contribution in [0.25, 0.3) is 11.0 Å². The highest BCUT2D eigenvalue weighted by molar-refractivity contribution is 5.90. The maximum Gasteiger partial charge on any atom is 0.257 e. The molecule has 3 rings (SSSR count). The number of carbonyl (C=O) groups excluding carboxylic acids is 2. The van der Waals surface area contributed by atoms with Crippen LogP contribution in [0.1, 0.15) is 22.3 Å². The van der Waals surface area contributed by atoms with Crippen LogP contribution in [-0.4, -0.2) is 18.4 Å². The van der Waals surface area contributed by atoms with Gasteiger partial charge in [-0.05, 0) is 44.0 Å². The van der Waals surface area contributed by atoms with Crippen molar-refractivity contribution < 1.29 is 14.0 Å². The summed E-state index contributed by atoms with van der Waals surface area (Å²) in [5.41, 5.74) is 10.6. The second-order valence-corrected chi connectivity index (χ2v) is 6.64. The van der Waals surface area contributed by atoms with E-state index in [1.54, 1.807) is 6.26 Å². The van der Waals surface area contributed by atoms with Gasteiger partial charge in [-0.1, -0.05) is 29.8 Å². The average molecular weight is 365 g/mol. The molecule has 6 nitrogen and oxygen atoms in total. The summed E-state index contributed by atoms with van der Waals surface area (Å²) in [5.74, 6) is -0.632. The summed E-state index contributed by atoms with van der Waals surface area (Å²) in [6.07, 6.45) is 1.72. The van der Waals surface area contributed by atoms with Gasteiger partial charge in [0, 0.05) is 16.6 Å². The van der Waals surface area contributed by atoms with E-state index in [0.29, 0.717) is 0 Å². The van der Waals surface area contributed by atoms with E-state index in [1.165, 1.54) is 0 Å². The van der Waals surface area contributed by atoms with Crippen LogP contribution in [0, 0.1) is 20.8 Å². The summed E-state index contributed by atoms with van der Waals surface area (Å²) >= 11 is 0. The minimum absolute atomic E-state index is 0.0659. The molecule has 0 unspecified atom stereocenters. The number of amides is 2. The molecule has 140 valence electrons. The smallest absolute Gasteiger partial charge is 0.257 e. The first kappa shape index (κ1) is 18.5. The van der Waals surface area contributed by atoms with E-state index in [9.17, 15) is 9.59 Å². The van der Waals surface area contributed by atoms with Crippen molar-refractivity contribution in [3.05, 3.63) is 64.9 Å². The normalized spacial score (nSPS) is 10.6. The third kappa shape index (κ3) is 4.47. The monoisotopic (exact) mass is 365 g/mol. The molecule has 0 radical (unpaired) electrons. The molecule has 3 aromatic rings. The zero-order chi connectivity index (χ0) is 19.4. The molecule has 1 aromatic heterocycles. The molecule has 0 saturated carbocycles. The highest BCUT2D eigenvalue weighted by Crippen LogP contribution is 2.26. The van der Waals surface area contributed by atoms with Gasteiger partial charge in [0.15, 0.2) is 0 Å². The molecular formula is C21H23N3O3. The molecule has 0 aliphatic carbocycles. The van der Waals surface area contributed by atoms with E-state index < -0.39 is 0 Å². The van der Waals surface area contributed by atoms with Crippen LogP contribution < -0.4 is 16.2 Å². The number of rotatable bonds is 5. The second-order valence-electron chi connectivity index (χ2n) is 6.64. The number of hydrazine groups is 1. The zero-order valence-electron chi connectivity index (χ0n) is 15.7. The third-order valence-corrected chi connectivity index (χ3v) is 4.54. The Hall–Kier alpha value is -3.28. The molecule has 1 heterocycles. The van der Waals surface area contributed by atoms with Crippen molar-refractivity contribution in [1.29, 1.82) is 0 Å². The minimum atomic E-state index is -0.326. The van der Waals surface area contributed by atoms with Crippen molar-refractivity contribution in [3.63, 3.8) is 0 Å². The van der Waals surface area contributed by atoms with Crippen LogP contribution in [0.15, 0.2) is 47.1 Å². The number of furan rings is 1. The largest absolute Gasteiger partial charge is 0.464 e. The van der Waals surface area contributed by atoms with Crippen LogP contribution in [0.5, 0.6) is 0 Å². The minimum Gasteiger partial charge on any atom is -0.464 e. The van der Waals surface area contributed by atoms with Crippen LogP contribution >= 0.6 is 0 Å². The van der Waals surface area contributed by atoms with Crippen LogP contribution in [0.2, 0.25) is 0 Å². The Kier molecular flexibility index (Phi) is 5.45. The number of nitrogens with one attached hydrogen (secondary N) is 3. The molecule has 27 heavy (non-hydrogen) atoms. The van der Waals surface area contributed by atoms with E-state index >= 15 is 0 Å². The van der Waals surface area contributed by atoms with Crippen molar-refractivity contribution in [3.8, 4) is 0 Å². The lowest BCUT2D eigenvalue weighted by Crippen LogP contribution is -2.44. The number of benzene rings is 2. The summed E-state index contributed by atoms with van der Waals surface area (Å²) in [7, 11) is 0. The molecule has 0 aliphatic rings. The first-order chi connectivity index (χ1) is 12.9. The highest BCUT2D eigenvalue weighted by atomic mass is 16.3. The lowest BCUT2D eigenvalue weighted by atomic mass is 10.0. The Morgan fingerprint density at radius 2 is 1.63 bits per heavy atom. The molecular weight excluding hydrogens is 342 g/mol. The summed E-state index contributed by atoms with van der Waals surface area (Å²) < 4.78 is 5.61. The van der Waals surface area contributed by atoms with Gasteiger partial charge in [0.2, 0.25) is 5.91 Å². The Morgan fingerprint density at radius 3 is 2.37 bits per heavy atom. The van der Waals surface area contributed by atoms with Gasteiger partial charge in [-0.25, -0.2) is 0 Å². The van der Waals surface area contributed by atoms with Gasteiger partial charge in [0.25, 0.3) is 5.91 Å². The van der Waals surface area contributed by atoms with Gasteiger partial charge in [-0.3, -0.25) is 20.4 Å². The maximum absolute atomic E-state index is 12.1. The summed E-state index contributed by atoms with van der Waals surface area (Å²) in [6, 6.07) is 11.7. The van der Waals surface area contributed by atoms with Gasteiger partial charge in [0.05, 0.1) is 19.2 Å². The van der Waals surface area contributed by atoms with Gasteiger partial charge in [-0.15, -0.1) is 0 Å². The van der Waals surface area contributed by atoms with Crippen LogP contribution in [0.4, 0.5) is 5.69 Å². The summed E-state index contributed by atoms with van der Waals surface area (Å²) in [4.78, 5) is 24.0. The predicted molar refractivity (Wildman–Crippen MR) is 105 cm³/mol. The lowest BCUT2D eigenvalue weighted by Gasteiger charge is -2.09. The van der Waals surface area contributed by atoms with Gasteiger partial charge >= 0.3 is 0 Å². The number of fused-ring (bicyclic) bond motifs is 1. The van der Waals surface area contributed by atoms with Crippen LogP contribution in [-0.2, 0) is 16.0 Å². The lowest BCUT2D eigenvalue weighted by molar-refractivity contribution is -0.127.